The van der Waals surface area contributed by atoms with Crippen LogP contribution in [0.1, 0.15) is 29.5 Å². The SMILES string of the molecule is Cc1cccc(COc2ccc(NC(=O)[C@@H]3CC[C@H](CN)O3)c(C)c2)c1. The first-order valence-electron chi connectivity index (χ1n) is 9.00. The molecular formula is C21H26N2O3. The zero-order valence-electron chi connectivity index (χ0n) is 15.3. The van der Waals surface area contributed by atoms with Crippen LogP contribution in [0.3, 0.4) is 0 Å². The highest BCUT2D eigenvalue weighted by molar-refractivity contribution is 5.95. The molecule has 3 rings (SSSR count). The Kier molecular flexibility index (Phi) is 5.91. The van der Waals surface area contributed by atoms with E-state index in [9.17, 15) is 4.79 Å². The van der Waals surface area contributed by atoms with E-state index in [2.05, 4.69) is 24.4 Å². The normalized spacial score (nSPS) is 19.3. The highest BCUT2D eigenvalue weighted by atomic mass is 16.5. The van der Waals surface area contributed by atoms with Gasteiger partial charge >= 0.3 is 0 Å². The summed E-state index contributed by atoms with van der Waals surface area (Å²) in [6, 6.07) is 13.9. The fraction of sp³-hybridized carbons (Fsp3) is 0.381. The molecule has 2 aromatic carbocycles. The standard InChI is InChI=1S/C21H26N2O3/c1-14-4-3-5-16(10-14)13-25-17-6-8-19(15(2)11-17)23-21(24)20-9-7-18(12-22)26-20/h3-6,8,10-11,18,20H,7,9,12-13,22H2,1-2H3,(H,23,24)/t18-,20+/m1/s1. The molecule has 138 valence electrons. The van der Waals surface area contributed by atoms with Crippen LogP contribution in [0.2, 0.25) is 0 Å². The highest BCUT2D eigenvalue weighted by Gasteiger charge is 2.30. The van der Waals surface area contributed by atoms with Crippen molar-refractivity contribution >= 4 is 11.6 Å². The summed E-state index contributed by atoms with van der Waals surface area (Å²) in [5, 5.41) is 2.94. The zero-order valence-corrected chi connectivity index (χ0v) is 15.3. The van der Waals surface area contributed by atoms with E-state index in [1.165, 1.54) is 5.56 Å². The van der Waals surface area contributed by atoms with E-state index in [0.717, 1.165) is 29.0 Å². The van der Waals surface area contributed by atoms with E-state index in [1.54, 1.807) is 0 Å². The van der Waals surface area contributed by atoms with Gasteiger partial charge in [0.25, 0.3) is 5.91 Å². The van der Waals surface area contributed by atoms with Gasteiger partial charge in [0, 0.05) is 12.2 Å². The van der Waals surface area contributed by atoms with Gasteiger partial charge in [-0.2, -0.15) is 0 Å². The number of rotatable bonds is 6. The third-order valence-corrected chi connectivity index (χ3v) is 4.61. The van der Waals surface area contributed by atoms with Gasteiger partial charge in [-0.25, -0.2) is 0 Å². The summed E-state index contributed by atoms with van der Waals surface area (Å²) in [7, 11) is 0. The number of hydrogen-bond donors (Lipinski definition) is 2. The van der Waals surface area contributed by atoms with Crippen LogP contribution < -0.4 is 15.8 Å². The second kappa shape index (κ2) is 8.34. The van der Waals surface area contributed by atoms with Crippen molar-refractivity contribution in [3.05, 3.63) is 59.2 Å². The van der Waals surface area contributed by atoms with Crippen LogP contribution >= 0.6 is 0 Å². The van der Waals surface area contributed by atoms with Crippen molar-refractivity contribution in [3.8, 4) is 5.75 Å². The minimum Gasteiger partial charge on any atom is -0.489 e. The first-order valence-corrected chi connectivity index (χ1v) is 9.00. The van der Waals surface area contributed by atoms with Crippen LogP contribution in [0.25, 0.3) is 0 Å². The molecule has 1 amide bonds. The average Bonchev–Trinajstić information content (AvgIpc) is 3.11. The quantitative estimate of drug-likeness (QED) is 0.834. The van der Waals surface area contributed by atoms with Gasteiger partial charge < -0.3 is 20.5 Å². The van der Waals surface area contributed by atoms with Crippen molar-refractivity contribution in [2.24, 2.45) is 5.73 Å². The Labute approximate surface area is 154 Å². The molecule has 0 bridgehead atoms. The number of anilines is 1. The predicted molar refractivity (Wildman–Crippen MR) is 102 cm³/mol. The number of amides is 1. The third kappa shape index (κ3) is 4.62. The second-order valence-electron chi connectivity index (χ2n) is 6.80. The van der Waals surface area contributed by atoms with Crippen molar-refractivity contribution in [1.82, 2.24) is 0 Å². The number of nitrogens with one attached hydrogen (secondary N) is 1. The van der Waals surface area contributed by atoms with Gasteiger partial charge in [0.1, 0.15) is 18.5 Å². The van der Waals surface area contributed by atoms with Crippen molar-refractivity contribution in [2.45, 2.75) is 45.5 Å². The highest BCUT2D eigenvalue weighted by Crippen LogP contribution is 2.25. The van der Waals surface area contributed by atoms with Crippen LogP contribution in [-0.4, -0.2) is 24.7 Å². The third-order valence-electron chi connectivity index (χ3n) is 4.61. The Morgan fingerprint density at radius 2 is 2.08 bits per heavy atom. The monoisotopic (exact) mass is 354 g/mol. The summed E-state index contributed by atoms with van der Waals surface area (Å²) in [4.78, 5) is 12.3. The number of aryl methyl sites for hydroxylation is 2. The molecule has 5 nitrogen and oxygen atoms in total. The lowest BCUT2D eigenvalue weighted by Gasteiger charge is -2.15. The molecule has 26 heavy (non-hydrogen) atoms. The zero-order chi connectivity index (χ0) is 18.5. The largest absolute Gasteiger partial charge is 0.489 e. The molecule has 0 aromatic heterocycles. The Hall–Kier alpha value is -2.37. The minimum atomic E-state index is -0.416. The molecule has 0 saturated carbocycles. The summed E-state index contributed by atoms with van der Waals surface area (Å²) in [5.74, 6) is 0.666. The molecule has 5 heteroatoms. The van der Waals surface area contributed by atoms with E-state index in [4.69, 9.17) is 15.2 Å². The van der Waals surface area contributed by atoms with Crippen molar-refractivity contribution in [3.63, 3.8) is 0 Å². The van der Waals surface area contributed by atoms with E-state index in [0.29, 0.717) is 19.6 Å². The fourth-order valence-electron chi connectivity index (χ4n) is 3.12. The molecule has 0 radical (unpaired) electrons. The van der Waals surface area contributed by atoms with Gasteiger partial charge in [-0.05, 0) is 56.0 Å². The summed E-state index contributed by atoms with van der Waals surface area (Å²) in [6.07, 6.45) is 1.12. The number of ether oxygens (including phenoxy) is 2. The van der Waals surface area contributed by atoms with E-state index >= 15 is 0 Å². The first-order chi connectivity index (χ1) is 12.5. The van der Waals surface area contributed by atoms with Crippen LogP contribution in [0.15, 0.2) is 42.5 Å². The number of carbonyl (C=O) groups is 1. The Balaban J connectivity index is 1.58. The molecule has 0 unspecified atom stereocenters. The van der Waals surface area contributed by atoms with E-state index in [-0.39, 0.29) is 12.0 Å². The lowest BCUT2D eigenvalue weighted by Crippen LogP contribution is -2.30. The number of benzene rings is 2. The Morgan fingerprint density at radius 3 is 2.77 bits per heavy atom. The molecule has 0 aliphatic carbocycles. The molecular weight excluding hydrogens is 328 g/mol. The molecule has 3 N–H and O–H groups in total. The lowest BCUT2D eigenvalue weighted by molar-refractivity contribution is -0.126. The summed E-state index contributed by atoms with van der Waals surface area (Å²) >= 11 is 0. The van der Waals surface area contributed by atoms with Gasteiger partial charge in [-0.3, -0.25) is 4.79 Å². The van der Waals surface area contributed by atoms with Crippen LogP contribution in [-0.2, 0) is 16.1 Å². The maximum Gasteiger partial charge on any atom is 0.253 e. The van der Waals surface area contributed by atoms with Gasteiger partial charge in [-0.1, -0.05) is 29.8 Å². The van der Waals surface area contributed by atoms with Crippen molar-refractivity contribution < 1.29 is 14.3 Å². The molecule has 1 aliphatic heterocycles. The molecule has 1 fully saturated rings. The smallest absolute Gasteiger partial charge is 0.253 e. The Morgan fingerprint density at radius 1 is 1.23 bits per heavy atom. The summed E-state index contributed by atoms with van der Waals surface area (Å²) in [5.41, 5.74) is 9.67. The average molecular weight is 354 g/mol. The lowest BCUT2D eigenvalue weighted by atomic mass is 10.1. The first kappa shape index (κ1) is 18.4. The predicted octanol–water partition coefficient (Wildman–Crippen LogP) is 3.33. The number of carbonyl (C=O) groups excluding carboxylic acids is 1. The van der Waals surface area contributed by atoms with Crippen LogP contribution in [0.5, 0.6) is 5.75 Å². The fourth-order valence-corrected chi connectivity index (χ4v) is 3.12. The van der Waals surface area contributed by atoms with Crippen molar-refractivity contribution in [2.75, 3.05) is 11.9 Å². The second-order valence-corrected chi connectivity index (χ2v) is 6.80. The topological polar surface area (TPSA) is 73.6 Å². The number of hydrogen-bond acceptors (Lipinski definition) is 4. The number of nitrogens with two attached hydrogens (primary N) is 1. The molecule has 2 aromatic rings. The van der Waals surface area contributed by atoms with Gasteiger partial charge in [0.05, 0.1) is 6.10 Å². The van der Waals surface area contributed by atoms with E-state index < -0.39 is 6.10 Å². The van der Waals surface area contributed by atoms with Gasteiger partial charge in [0.2, 0.25) is 0 Å². The van der Waals surface area contributed by atoms with Gasteiger partial charge in [0.15, 0.2) is 0 Å². The molecule has 1 aliphatic rings. The minimum absolute atomic E-state index is 0.00996. The van der Waals surface area contributed by atoms with Crippen LogP contribution in [0, 0.1) is 13.8 Å². The van der Waals surface area contributed by atoms with E-state index in [1.807, 2.05) is 37.3 Å². The summed E-state index contributed by atoms with van der Waals surface area (Å²) < 4.78 is 11.5. The van der Waals surface area contributed by atoms with Crippen LogP contribution in [0.4, 0.5) is 5.69 Å². The maximum atomic E-state index is 12.3. The Bertz CT molecular complexity index is 776. The molecule has 1 heterocycles. The molecule has 0 spiro atoms. The maximum absolute atomic E-state index is 12.3. The van der Waals surface area contributed by atoms with Crippen molar-refractivity contribution in [1.29, 1.82) is 0 Å². The molecule has 1 saturated heterocycles. The van der Waals surface area contributed by atoms with Gasteiger partial charge in [-0.15, -0.1) is 0 Å². The molecule has 2 atom stereocenters. The summed E-state index contributed by atoms with van der Waals surface area (Å²) in [6.45, 7) is 4.99.